The number of benzene rings is 6. The Morgan fingerprint density at radius 1 is 0.556 bits per heavy atom. The molecule has 4 heteroatoms. The third-order valence-electron chi connectivity index (χ3n) is 10.3. The van der Waals surface area contributed by atoms with Crippen LogP contribution in [-0.4, -0.2) is 14.4 Å². The molecule has 0 unspecified atom stereocenters. The second-order valence-electron chi connectivity index (χ2n) is 13.0. The summed E-state index contributed by atoms with van der Waals surface area (Å²) in [5.74, 6) is 0. The van der Waals surface area contributed by atoms with Gasteiger partial charge in [0.1, 0.15) is 16.7 Å². The first-order chi connectivity index (χ1) is 22.0. The van der Waals surface area contributed by atoms with Gasteiger partial charge in [-0.15, -0.1) is 0 Å². The van der Waals surface area contributed by atoms with Gasteiger partial charge in [-0.05, 0) is 75.8 Å². The van der Waals surface area contributed by atoms with Crippen molar-refractivity contribution in [2.24, 2.45) is 0 Å². The number of aromatic nitrogens is 3. The Kier molecular flexibility index (Phi) is 4.13. The molecule has 11 rings (SSSR count). The highest BCUT2D eigenvalue weighted by atomic mass is 16.3. The Morgan fingerprint density at radius 3 is 2.22 bits per heavy atom. The molecule has 210 valence electrons. The summed E-state index contributed by atoms with van der Waals surface area (Å²) in [6.45, 7) is 4.66. The summed E-state index contributed by atoms with van der Waals surface area (Å²) in [4.78, 5) is 10.4. The minimum atomic E-state index is -0.0236. The van der Waals surface area contributed by atoms with Crippen molar-refractivity contribution in [3.05, 3.63) is 126 Å². The molecule has 0 bridgehead atoms. The zero-order valence-electron chi connectivity index (χ0n) is 24.7. The van der Waals surface area contributed by atoms with Crippen molar-refractivity contribution < 1.29 is 4.42 Å². The fourth-order valence-electron chi connectivity index (χ4n) is 8.16. The van der Waals surface area contributed by atoms with Gasteiger partial charge in [0.25, 0.3) is 0 Å². The Bertz CT molecular complexity index is 2910. The predicted molar refractivity (Wildman–Crippen MR) is 184 cm³/mol. The molecule has 45 heavy (non-hydrogen) atoms. The number of furan rings is 1. The second-order valence-corrected chi connectivity index (χ2v) is 13.0. The van der Waals surface area contributed by atoms with Crippen molar-refractivity contribution in [3.63, 3.8) is 0 Å². The van der Waals surface area contributed by atoms with E-state index >= 15 is 0 Å². The minimum absolute atomic E-state index is 0.0236. The molecule has 0 fully saturated rings. The van der Waals surface area contributed by atoms with Crippen LogP contribution in [0.15, 0.2) is 120 Å². The molecule has 0 N–H and O–H groups in total. The smallest absolute Gasteiger partial charge is 0.165 e. The summed E-state index contributed by atoms with van der Waals surface area (Å²) in [6, 6.07) is 41.5. The van der Waals surface area contributed by atoms with Gasteiger partial charge in [-0.3, -0.25) is 4.40 Å². The van der Waals surface area contributed by atoms with E-state index in [-0.39, 0.29) is 5.41 Å². The van der Waals surface area contributed by atoms with Gasteiger partial charge in [0.05, 0.1) is 22.1 Å². The highest BCUT2D eigenvalue weighted by Gasteiger charge is 2.35. The van der Waals surface area contributed by atoms with E-state index in [4.69, 9.17) is 14.4 Å². The lowest BCUT2D eigenvalue weighted by Gasteiger charge is -2.21. The fraction of sp³-hybridized carbons (Fsp3) is 0.0732. The third kappa shape index (κ3) is 2.88. The maximum atomic E-state index is 6.36. The van der Waals surface area contributed by atoms with E-state index in [2.05, 4.69) is 97.1 Å². The summed E-state index contributed by atoms with van der Waals surface area (Å²) in [7, 11) is 0. The molecule has 4 nitrogen and oxygen atoms in total. The number of hydrogen-bond donors (Lipinski definition) is 0. The van der Waals surface area contributed by atoms with Crippen LogP contribution >= 0.6 is 0 Å². The fourth-order valence-corrected chi connectivity index (χ4v) is 8.16. The van der Waals surface area contributed by atoms with E-state index in [0.717, 1.165) is 60.6 Å². The van der Waals surface area contributed by atoms with Gasteiger partial charge in [-0.25, -0.2) is 9.97 Å². The lowest BCUT2D eigenvalue weighted by atomic mass is 9.82. The number of fused-ring (bicyclic) bond motifs is 13. The van der Waals surface area contributed by atoms with Crippen LogP contribution in [0.3, 0.4) is 0 Å². The van der Waals surface area contributed by atoms with Crippen LogP contribution in [0.25, 0.3) is 93.6 Å². The Balaban J connectivity index is 1.28. The number of para-hydroxylation sites is 3. The molecule has 4 aromatic heterocycles. The van der Waals surface area contributed by atoms with Gasteiger partial charge in [0, 0.05) is 38.4 Å². The maximum Gasteiger partial charge on any atom is 0.165 e. The van der Waals surface area contributed by atoms with Crippen molar-refractivity contribution in [3.8, 4) is 22.3 Å². The van der Waals surface area contributed by atoms with Gasteiger partial charge in [-0.1, -0.05) is 80.6 Å². The van der Waals surface area contributed by atoms with Crippen LogP contribution in [-0.2, 0) is 5.41 Å². The first kappa shape index (κ1) is 23.7. The summed E-state index contributed by atoms with van der Waals surface area (Å²) >= 11 is 0. The summed E-state index contributed by atoms with van der Waals surface area (Å²) < 4.78 is 8.66. The largest absolute Gasteiger partial charge is 0.456 e. The monoisotopic (exact) mass is 575 g/mol. The molecule has 0 saturated carbocycles. The lowest BCUT2D eigenvalue weighted by molar-refractivity contribution is 0.660. The van der Waals surface area contributed by atoms with Crippen LogP contribution in [0, 0.1) is 0 Å². The van der Waals surface area contributed by atoms with Crippen LogP contribution in [0.2, 0.25) is 0 Å². The zero-order chi connectivity index (χ0) is 29.6. The number of nitrogens with zero attached hydrogens (tertiary/aromatic N) is 3. The molecule has 0 amide bonds. The molecule has 4 heterocycles. The normalized spacial score (nSPS) is 14.2. The molecule has 1 aliphatic rings. The molecule has 0 atom stereocenters. The van der Waals surface area contributed by atoms with E-state index in [1.807, 2.05) is 36.4 Å². The van der Waals surface area contributed by atoms with Gasteiger partial charge < -0.3 is 4.42 Å². The average molecular weight is 576 g/mol. The van der Waals surface area contributed by atoms with Crippen molar-refractivity contribution in [1.29, 1.82) is 0 Å². The zero-order valence-corrected chi connectivity index (χ0v) is 24.7. The van der Waals surface area contributed by atoms with E-state index in [0.29, 0.717) is 0 Å². The van der Waals surface area contributed by atoms with E-state index < -0.39 is 0 Å². The Hall–Kier alpha value is -5.74. The predicted octanol–water partition coefficient (Wildman–Crippen LogP) is 10.7. The quantitative estimate of drug-likeness (QED) is 0.196. The van der Waals surface area contributed by atoms with Crippen molar-refractivity contribution >= 4 is 71.3 Å². The van der Waals surface area contributed by atoms with Gasteiger partial charge in [-0.2, -0.15) is 0 Å². The second kappa shape index (κ2) is 7.85. The minimum Gasteiger partial charge on any atom is -0.456 e. The Labute approximate surface area is 257 Å². The SMILES string of the molecule is CC1(C)c2ccccc2-c2cc(-c3cc4c5cc6c(cc5n5c7nc8ccccc8nc7c(c3)c45)oc3ccccc36)ccc21. The van der Waals surface area contributed by atoms with E-state index in [9.17, 15) is 0 Å². The lowest BCUT2D eigenvalue weighted by Crippen LogP contribution is -2.14. The van der Waals surface area contributed by atoms with Crippen LogP contribution in [0.4, 0.5) is 0 Å². The molecule has 1 aliphatic carbocycles. The molecule has 10 aromatic rings. The van der Waals surface area contributed by atoms with Crippen molar-refractivity contribution in [1.82, 2.24) is 14.4 Å². The van der Waals surface area contributed by atoms with Crippen molar-refractivity contribution in [2.45, 2.75) is 19.3 Å². The molecule has 0 aliphatic heterocycles. The van der Waals surface area contributed by atoms with Crippen LogP contribution < -0.4 is 0 Å². The topological polar surface area (TPSA) is 43.3 Å². The van der Waals surface area contributed by atoms with Gasteiger partial charge in [0.15, 0.2) is 5.65 Å². The molecule has 6 aromatic carbocycles. The highest BCUT2D eigenvalue weighted by molar-refractivity contribution is 6.26. The van der Waals surface area contributed by atoms with Gasteiger partial charge in [0.2, 0.25) is 0 Å². The number of hydrogen-bond acceptors (Lipinski definition) is 3. The first-order valence-electron chi connectivity index (χ1n) is 15.5. The van der Waals surface area contributed by atoms with Gasteiger partial charge >= 0.3 is 0 Å². The summed E-state index contributed by atoms with van der Waals surface area (Å²) in [5.41, 5.74) is 15.4. The standard InChI is InChI=1S/C41H25N3O/c1-41(2)31-11-5-3-9-24(31)26-17-22(15-16-32(26)41)23-18-29-27-20-28-25-10-4-8-14-36(25)45-37(28)21-35(27)44-39(29)30(19-23)38-40(44)43-34-13-7-6-12-33(34)42-38/h3-21H,1-2H3. The molecule has 0 saturated heterocycles. The van der Waals surface area contributed by atoms with Crippen LogP contribution in [0.5, 0.6) is 0 Å². The van der Waals surface area contributed by atoms with Crippen molar-refractivity contribution in [2.75, 3.05) is 0 Å². The van der Waals surface area contributed by atoms with E-state index in [1.165, 1.54) is 44.2 Å². The van der Waals surface area contributed by atoms with Crippen LogP contribution in [0.1, 0.15) is 25.0 Å². The molecule has 0 radical (unpaired) electrons. The first-order valence-corrected chi connectivity index (χ1v) is 15.5. The molecular formula is C41H25N3O. The summed E-state index contributed by atoms with van der Waals surface area (Å²) in [6.07, 6.45) is 0. The maximum absolute atomic E-state index is 6.36. The average Bonchev–Trinajstić information content (AvgIpc) is 3.76. The third-order valence-corrected chi connectivity index (χ3v) is 10.3. The van der Waals surface area contributed by atoms with E-state index in [1.54, 1.807) is 0 Å². The highest BCUT2D eigenvalue weighted by Crippen LogP contribution is 2.50. The Morgan fingerprint density at radius 2 is 1.31 bits per heavy atom. The molecular weight excluding hydrogens is 550 g/mol. The summed E-state index contributed by atoms with van der Waals surface area (Å²) in [5, 5.41) is 5.78. The number of rotatable bonds is 1. The molecule has 0 spiro atoms.